The molecule has 0 unspecified atom stereocenters. The third-order valence-electron chi connectivity index (χ3n) is 4.64. The minimum atomic E-state index is -0.521. The van der Waals surface area contributed by atoms with Gasteiger partial charge in [-0.25, -0.2) is 13.8 Å². The minimum absolute atomic E-state index is 0.124. The van der Waals surface area contributed by atoms with Crippen LogP contribution in [0.3, 0.4) is 0 Å². The Bertz CT molecular complexity index is 986. The fraction of sp³-hybridized carbons (Fsp3) is 0.273. The molecule has 28 heavy (non-hydrogen) atoms. The summed E-state index contributed by atoms with van der Waals surface area (Å²) in [6.45, 7) is 6.10. The van der Waals surface area contributed by atoms with Crippen LogP contribution in [0.2, 0.25) is 0 Å². The number of benzene rings is 1. The Balaban J connectivity index is 1.84. The molecule has 0 atom stereocenters. The van der Waals surface area contributed by atoms with Gasteiger partial charge in [-0.05, 0) is 59.7 Å². The maximum absolute atomic E-state index is 14.5. The van der Waals surface area contributed by atoms with E-state index in [-0.39, 0.29) is 11.6 Å². The zero-order valence-corrected chi connectivity index (χ0v) is 16.3. The second kappa shape index (κ2) is 8.33. The number of hydrogen-bond acceptors (Lipinski definition) is 4. The molecule has 0 saturated carbocycles. The predicted molar refractivity (Wildman–Crippen MR) is 109 cm³/mol. The molecule has 3 aromatic rings. The molecule has 0 bridgehead atoms. The zero-order chi connectivity index (χ0) is 20.3. The molecule has 0 fully saturated rings. The molecular formula is C22H24F2N4. The normalized spacial score (nSPS) is 11.1. The van der Waals surface area contributed by atoms with Crippen LogP contribution in [0.15, 0.2) is 42.9 Å². The van der Waals surface area contributed by atoms with E-state index in [9.17, 15) is 8.78 Å². The standard InChI is InChI=1S/C22H24F2N4/c1-13(2)8-15-4-5-19(18(23)9-15)28-20-12-26-11-17(14(20)3)10-16-6-7-27-22(25)21(16)24/h4-7,9,11-13,28H,8,10H2,1-3H3,(H2,25,27). The summed E-state index contributed by atoms with van der Waals surface area (Å²) >= 11 is 0. The average molecular weight is 382 g/mol. The van der Waals surface area contributed by atoms with Gasteiger partial charge in [-0.3, -0.25) is 4.98 Å². The first-order valence-electron chi connectivity index (χ1n) is 9.23. The van der Waals surface area contributed by atoms with Crippen LogP contribution in [0.1, 0.15) is 36.1 Å². The number of anilines is 3. The number of nitrogens with one attached hydrogen (secondary N) is 1. The summed E-state index contributed by atoms with van der Waals surface area (Å²) in [4.78, 5) is 7.97. The number of nitrogen functional groups attached to an aromatic ring is 1. The second-order valence-corrected chi connectivity index (χ2v) is 7.35. The maximum atomic E-state index is 14.5. The van der Waals surface area contributed by atoms with Crippen molar-refractivity contribution in [1.82, 2.24) is 9.97 Å². The lowest BCUT2D eigenvalue weighted by atomic mass is 10.0. The van der Waals surface area contributed by atoms with Gasteiger partial charge in [0.05, 0.1) is 17.6 Å². The number of hydrogen-bond donors (Lipinski definition) is 2. The maximum Gasteiger partial charge on any atom is 0.168 e. The molecule has 0 radical (unpaired) electrons. The smallest absolute Gasteiger partial charge is 0.168 e. The quantitative estimate of drug-likeness (QED) is 0.617. The second-order valence-electron chi connectivity index (χ2n) is 7.35. The van der Waals surface area contributed by atoms with Crippen molar-refractivity contribution in [2.24, 2.45) is 5.92 Å². The molecule has 4 nitrogen and oxygen atoms in total. The van der Waals surface area contributed by atoms with Crippen LogP contribution in [-0.4, -0.2) is 9.97 Å². The fourth-order valence-electron chi connectivity index (χ4n) is 3.12. The highest BCUT2D eigenvalue weighted by molar-refractivity contribution is 5.64. The van der Waals surface area contributed by atoms with Crippen molar-refractivity contribution in [3.05, 3.63) is 76.7 Å². The van der Waals surface area contributed by atoms with Gasteiger partial charge >= 0.3 is 0 Å². The van der Waals surface area contributed by atoms with Gasteiger partial charge in [-0.2, -0.15) is 0 Å². The van der Waals surface area contributed by atoms with Gasteiger partial charge in [0, 0.05) is 18.8 Å². The number of pyridine rings is 2. The predicted octanol–water partition coefficient (Wildman–Crippen LogP) is 5.18. The van der Waals surface area contributed by atoms with E-state index in [1.54, 1.807) is 30.6 Å². The fourth-order valence-corrected chi connectivity index (χ4v) is 3.12. The first-order valence-corrected chi connectivity index (χ1v) is 9.23. The van der Waals surface area contributed by atoms with E-state index in [1.807, 2.05) is 13.0 Å². The third-order valence-corrected chi connectivity index (χ3v) is 4.64. The molecule has 0 saturated heterocycles. The van der Waals surface area contributed by atoms with Gasteiger partial charge in [0.2, 0.25) is 0 Å². The molecule has 1 aromatic carbocycles. The Morgan fingerprint density at radius 1 is 1.07 bits per heavy atom. The van der Waals surface area contributed by atoms with Crippen LogP contribution in [0.4, 0.5) is 26.0 Å². The van der Waals surface area contributed by atoms with E-state index in [4.69, 9.17) is 5.73 Å². The van der Waals surface area contributed by atoms with Crippen molar-refractivity contribution in [3.63, 3.8) is 0 Å². The zero-order valence-electron chi connectivity index (χ0n) is 16.3. The lowest BCUT2D eigenvalue weighted by Crippen LogP contribution is -2.04. The van der Waals surface area contributed by atoms with Crippen molar-refractivity contribution in [2.45, 2.75) is 33.6 Å². The third kappa shape index (κ3) is 4.44. The van der Waals surface area contributed by atoms with E-state index < -0.39 is 5.82 Å². The average Bonchev–Trinajstić information content (AvgIpc) is 2.63. The van der Waals surface area contributed by atoms with Gasteiger partial charge in [-0.15, -0.1) is 0 Å². The summed E-state index contributed by atoms with van der Waals surface area (Å²) in [5, 5.41) is 3.10. The van der Waals surface area contributed by atoms with Crippen LogP contribution in [-0.2, 0) is 12.8 Å². The van der Waals surface area contributed by atoms with Crippen molar-refractivity contribution in [1.29, 1.82) is 0 Å². The molecule has 0 amide bonds. The van der Waals surface area contributed by atoms with E-state index in [0.29, 0.717) is 29.3 Å². The van der Waals surface area contributed by atoms with Gasteiger partial charge in [0.25, 0.3) is 0 Å². The molecular weight excluding hydrogens is 358 g/mol. The Morgan fingerprint density at radius 2 is 1.86 bits per heavy atom. The first kappa shape index (κ1) is 19.7. The molecule has 146 valence electrons. The highest BCUT2D eigenvalue weighted by Crippen LogP contribution is 2.27. The van der Waals surface area contributed by atoms with Crippen LogP contribution in [0.25, 0.3) is 0 Å². The van der Waals surface area contributed by atoms with Crippen molar-refractivity contribution in [2.75, 3.05) is 11.1 Å². The van der Waals surface area contributed by atoms with Gasteiger partial charge < -0.3 is 11.1 Å². The summed E-state index contributed by atoms with van der Waals surface area (Å²) in [5.74, 6) is -0.493. The van der Waals surface area contributed by atoms with E-state index in [1.165, 1.54) is 6.20 Å². The SMILES string of the molecule is Cc1c(Cc2ccnc(N)c2F)cncc1Nc1ccc(CC(C)C)cc1F. The molecule has 6 heteroatoms. The molecule has 2 heterocycles. The van der Waals surface area contributed by atoms with Crippen LogP contribution in [0, 0.1) is 24.5 Å². The number of rotatable bonds is 6. The molecule has 0 aliphatic carbocycles. The highest BCUT2D eigenvalue weighted by atomic mass is 19.1. The first-order chi connectivity index (χ1) is 13.3. The van der Waals surface area contributed by atoms with E-state index in [0.717, 1.165) is 23.1 Å². The Hall–Kier alpha value is -3.02. The molecule has 0 spiro atoms. The molecule has 2 aromatic heterocycles. The minimum Gasteiger partial charge on any atom is -0.381 e. The number of nitrogens with two attached hydrogens (primary N) is 1. The summed E-state index contributed by atoms with van der Waals surface area (Å²) in [5.41, 5.74) is 9.71. The van der Waals surface area contributed by atoms with Gasteiger partial charge in [0.15, 0.2) is 11.6 Å². The number of nitrogens with zero attached hydrogens (tertiary/aromatic N) is 2. The number of aromatic nitrogens is 2. The lowest BCUT2D eigenvalue weighted by Gasteiger charge is -2.15. The van der Waals surface area contributed by atoms with Crippen molar-refractivity contribution >= 4 is 17.2 Å². The van der Waals surface area contributed by atoms with Crippen LogP contribution in [0.5, 0.6) is 0 Å². The largest absolute Gasteiger partial charge is 0.381 e. The molecule has 3 N–H and O–H groups in total. The summed E-state index contributed by atoms with van der Waals surface area (Å²) in [6, 6.07) is 6.82. The summed E-state index contributed by atoms with van der Waals surface area (Å²) in [6.07, 6.45) is 5.94. The molecule has 3 rings (SSSR count). The van der Waals surface area contributed by atoms with Crippen LogP contribution >= 0.6 is 0 Å². The summed E-state index contributed by atoms with van der Waals surface area (Å²) < 4.78 is 28.7. The lowest BCUT2D eigenvalue weighted by molar-refractivity contribution is 0.613. The Kier molecular flexibility index (Phi) is 5.87. The van der Waals surface area contributed by atoms with E-state index in [2.05, 4.69) is 29.1 Å². The Morgan fingerprint density at radius 3 is 2.57 bits per heavy atom. The molecule has 0 aliphatic rings. The highest BCUT2D eigenvalue weighted by Gasteiger charge is 2.13. The van der Waals surface area contributed by atoms with Gasteiger partial charge in [-0.1, -0.05) is 19.9 Å². The Labute approximate surface area is 163 Å². The van der Waals surface area contributed by atoms with Crippen molar-refractivity contribution < 1.29 is 8.78 Å². The van der Waals surface area contributed by atoms with Crippen LogP contribution < -0.4 is 11.1 Å². The van der Waals surface area contributed by atoms with Gasteiger partial charge in [0.1, 0.15) is 5.82 Å². The number of halogens is 2. The van der Waals surface area contributed by atoms with E-state index >= 15 is 0 Å². The van der Waals surface area contributed by atoms with Crippen molar-refractivity contribution in [3.8, 4) is 0 Å². The summed E-state index contributed by atoms with van der Waals surface area (Å²) in [7, 11) is 0. The monoisotopic (exact) mass is 382 g/mol. The molecule has 0 aliphatic heterocycles. The topological polar surface area (TPSA) is 63.8 Å².